The van der Waals surface area contributed by atoms with Crippen molar-refractivity contribution >= 4 is 27.9 Å². The van der Waals surface area contributed by atoms with Gasteiger partial charge in [0.25, 0.3) is 5.91 Å². The highest BCUT2D eigenvalue weighted by Gasteiger charge is 2.33. The molecule has 0 atom stereocenters. The van der Waals surface area contributed by atoms with Crippen molar-refractivity contribution in [1.82, 2.24) is 14.9 Å². The number of hydrogen-bond acceptors (Lipinski definition) is 6. The zero-order valence-corrected chi connectivity index (χ0v) is 20.1. The number of carbonyl (C=O) groups is 3. The maximum atomic E-state index is 12.9. The van der Waals surface area contributed by atoms with Crippen molar-refractivity contribution in [2.75, 3.05) is 19.7 Å². The number of esters is 1. The third kappa shape index (κ3) is 6.64. The number of aryl methyl sites for hydroxylation is 2. The number of urea groups is 1. The molecule has 9 nitrogen and oxygen atoms in total. The van der Waals surface area contributed by atoms with E-state index in [1.807, 2.05) is 44.2 Å². The van der Waals surface area contributed by atoms with Crippen molar-refractivity contribution in [2.24, 2.45) is 5.92 Å². The first-order valence-electron chi connectivity index (χ1n) is 11.0. The highest BCUT2D eigenvalue weighted by Crippen LogP contribution is 2.25. The zero-order valence-electron chi connectivity index (χ0n) is 19.2. The van der Waals surface area contributed by atoms with Crippen molar-refractivity contribution in [1.29, 1.82) is 0 Å². The van der Waals surface area contributed by atoms with Gasteiger partial charge >= 0.3 is 12.0 Å². The van der Waals surface area contributed by atoms with Crippen molar-refractivity contribution < 1.29 is 27.5 Å². The monoisotopic (exact) mass is 487 g/mol. The molecule has 0 radical (unpaired) electrons. The smallest absolute Gasteiger partial charge is 0.321 e. The van der Waals surface area contributed by atoms with Crippen LogP contribution in [0.3, 0.4) is 0 Å². The van der Waals surface area contributed by atoms with Crippen LogP contribution in [0, 0.1) is 19.8 Å². The van der Waals surface area contributed by atoms with Gasteiger partial charge in [-0.3, -0.25) is 14.9 Å². The van der Waals surface area contributed by atoms with Crippen LogP contribution in [0.1, 0.15) is 29.5 Å². The molecule has 0 saturated carbocycles. The molecule has 2 N–H and O–H groups in total. The van der Waals surface area contributed by atoms with Crippen LogP contribution in [0.25, 0.3) is 0 Å². The Balaban J connectivity index is 1.41. The number of ether oxygens (including phenoxy) is 1. The molecule has 1 saturated heterocycles. The van der Waals surface area contributed by atoms with Crippen LogP contribution in [0.2, 0.25) is 0 Å². The lowest BCUT2D eigenvalue weighted by Gasteiger charge is -2.30. The number of carbonyl (C=O) groups excluding carboxylic acids is 3. The van der Waals surface area contributed by atoms with Gasteiger partial charge in [0.2, 0.25) is 10.0 Å². The molecule has 182 valence electrons. The van der Waals surface area contributed by atoms with Gasteiger partial charge in [-0.05, 0) is 55.5 Å². The van der Waals surface area contributed by atoms with Crippen LogP contribution in [0.15, 0.2) is 53.4 Å². The molecule has 0 aromatic heterocycles. The summed E-state index contributed by atoms with van der Waals surface area (Å²) in [6, 6.07) is 13.5. The topological polar surface area (TPSA) is 122 Å². The first-order chi connectivity index (χ1) is 16.2. The van der Waals surface area contributed by atoms with Crippen molar-refractivity contribution in [2.45, 2.75) is 38.1 Å². The van der Waals surface area contributed by atoms with Gasteiger partial charge in [0.1, 0.15) is 0 Å². The molecule has 34 heavy (non-hydrogen) atoms. The second-order valence-corrected chi connectivity index (χ2v) is 10.2. The number of hydrogen-bond donors (Lipinski definition) is 2. The Morgan fingerprint density at radius 1 is 1.00 bits per heavy atom. The summed E-state index contributed by atoms with van der Waals surface area (Å²) in [5, 5.41) is 4.65. The summed E-state index contributed by atoms with van der Waals surface area (Å²) in [6.45, 7) is 3.81. The largest absolute Gasteiger partial charge is 0.455 e. The van der Waals surface area contributed by atoms with Crippen LogP contribution >= 0.6 is 0 Å². The number of nitrogens with zero attached hydrogens (tertiary/aromatic N) is 1. The minimum absolute atomic E-state index is 0.184. The number of benzene rings is 2. The normalized spacial score (nSPS) is 14.9. The van der Waals surface area contributed by atoms with Crippen LogP contribution in [0.4, 0.5) is 4.79 Å². The molecule has 2 aromatic rings. The second-order valence-electron chi connectivity index (χ2n) is 8.25. The lowest BCUT2D eigenvalue weighted by Crippen LogP contribution is -2.42. The maximum Gasteiger partial charge on any atom is 0.321 e. The fourth-order valence-corrected chi connectivity index (χ4v) is 5.15. The van der Waals surface area contributed by atoms with Crippen molar-refractivity contribution in [3.8, 4) is 0 Å². The molecule has 0 unspecified atom stereocenters. The summed E-state index contributed by atoms with van der Waals surface area (Å²) < 4.78 is 32.2. The summed E-state index contributed by atoms with van der Waals surface area (Å²) in [7, 11) is -3.64. The molecule has 1 fully saturated rings. The minimum atomic E-state index is -3.64. The van der Waals surface area contributed by atoms with Gasteiger partial charge in [0.05, 0.1) is 10.8 Å². The molecule has 1 heterocycles. The molecule has 0 spiro atoms. The molecular weight excluding hydrogens is 458 g/mol. The van der Waals surface area contributed by atoms with Crippen molar-refractivity contribution in [3.05, 3.63) is 65.2 Å². The Bertz CT molecular complexity index is 1140. The highest BCUT2D eigenvalue weighted by atomic mass is 32.2. The summed E-state index contributed by atoms with van der Waals surface area (Å²) in [5.41, 5.74) is 2.78. The fraction of sp³-hybridized carbons (Fsp3) is 0.375. The molecule has 1 aliphatic rings. The van der Waals surface area contributed by atoms with Crippen LogP contribution in [-0.2, 0) is 30.9 Å². The first-order valence-corrected chi connectivity index (χ1v) is 12.5. The van der Waals surface area contributed by atoms with E-state index in [-0.39, 0.29) is 24.5 Å². The minimum Gasteiger partial charge on any atom is -0.455 e. The van der Waals surface area contributed by atoms with Gasteiger partial charge in [0, 0.05) is 19.6 Å². The van der Waals surface area contributed by atoms with E-state index < -0.39 is 40.5 Å². The Hall–Kier alpha value is -3.24. The number of rotatable bonds is 7. The Labute approximate surface area is 199 Å². The molecule has 3 amide bonds. The molecule has 2 aromatic carbocycles. The first kappa shape index (κ1) is 25.4. The fourth-order valence-electron chi connectivity index (χ4n) is 3.59. The average molecular weight is 488 g/mol. The van der Waals surface area contributed by atoms with Crippen LogP contribution < -0.4 is 10.6 Å². The summed E-state index contributed by atoms with van der Waals surface area (Å²) >= 11 is 0. The predicted molar refractivity (Wildman–Crippen MR) is 125 cm³/mol. The highest BCUT2D eigenvalue weighted by molar-refractivity contribution is 7.89. The van der Waals surface area contributed by atoms with Crippen LogP contribution in [-0.4, -0.2) is 50.3 Å². The molecule has 0 bridgehead atoms. The SMILES string of the molecule is Cc1ccc(S(=O)(=O)N2CCC(C(=O)OCC(=O)NC(=O)NCc3ccccc3)CC2)cc1C. The van der Waals surface area contributed by atoms with Gasteiger partial charge in [0.15, 0.2) is 6.61 Å². The van der Waals surface area contributed by atoms with Gasteiger partial charge < -0.3 is 10.1 Å². The number of amides is 3. The lowest BCUT2D eigenvalue weighted by molar-refractivity contribution is -0.153. The van der Waals surface area contributed by atoms with E-state index in [1.54, 1.807) is 18.2 Å². The molecule has 10 heteroatoms. The molecule has 3 rings (SSSR count). The standard InChI is InChI=1S/C24H29N3O6S/c1-17-8-9-21(14-18(17)2)34(31,32)27-12-10-20(11-13-27)23(29)33-16-22(28)26-24(30)25-15-19-6-4-3-5-7-19/h3-9,14,20H,10-13,15-16H2,1-2H3,(H2,25,26,28,30). The lowest BCUT2D eigenvalue weighted by atomic mass is 9.98. The number of piperidine rings is 1. The van der Waals surface area contributed by atoms with E-state index in [0.717, 1.165) is 16.7 Å². The summed E-state index contributed by atoms with van der Waals surface area (Å²) in [4.78, 5) is 36.3. The van der Waals surface area contributed by atoms with Gasteiger partial charge in [-0.2, -0.15) is 4.31 Å². The zero-order chi connectivity index (χ0) is 24.7. The summed E-state index contributed by atoms with van der Waals surface area (Å²) in [6.07, 6.45) is 0.587. The quantitative estimate of drug-likeness (QED) is 0.578. The molecular formula is C24H29N3O6S. The molecule has 1 aliphatic heterocycles. The average Bonchev–Trinajstić information content (AvgIpc) is 2.83. The number of imide groups is 1. The third-order valence-electron chi connectivity index (χ3n) is 5.80. The van der Waals surface area contributed by atoms with E-state index in [9.17, 15) is 22.8 Å². The predicted octanol–water partition coefficient (Wildman–Crippen LogP) is 2.27. The Morgan fingerprint density at radius 3 is 2.32 bits per heavy atom. The van der Waals surface area contributed by atoms with Gasteiger partial charge in [-0.15, -0.1) is 0 Å². The van der Waals surface area contributed by atoms with Crippen molar-refractivity contribution in [3.63, 3.8) is 0 Å². The van der Waals surface area contributed by atoms with Crippen LogP contribution in [0.5, 0.6) is 0 Å². The van der Waals surface area contributed by atoms with E-state index in [2.05, 4.69) is 10.6 Å². The Kier molecular flexibility index (Phi) is 8.41. The summed E-state index contributed by atoms with van der Waals surface area (Å²) in [5.74, 6) is -1.83. The van der Waals surface area contributed by atoms with E-state index >= 15 is 0 Å². The van der Waals surface area contributed by atoms with E-state index in [0.29, 0.717) is 12.8 Å². The Morgan fingerprint density at radius 2 is 1.68 bits per heavy atom. The second kappa shape index (κ2) is 11.3. The molecule has 0 aliphatic carbocycles. The number of sulfonamides is 1. The maximum absolute atomic E-state index is 12.9. The number of nitrogens with one attached hydrogen (secondary N) is 2. The van der Waals surface area contributed by atoms with E-state index in [1.165, 1.54) is 4.31 Å². The van der Waals surface area contributed by atoms with E-state index in [4.69, 9.17) is 4.74 Å². The van der Waals surface area contributed by atoms with Gasteiger partial charge in [-0.1, -0.05) is 36.4 Å². The van der Waals surface area contributed by atoms with Gasteiger partial charge in [-0.25, -0.2) is 13.2 Å². The third-order valence-corrected chi connectivity index (χ3v) is 7.69.